The van der Waals surface area contributed by atoms with E-state index in [9.17, 15) is 0 Å². The molecule has 1 heterocycles. The third kappa shape index (κ3) is 2.78. The van der Waals surface area contributed by atoms with Crippen LogP contribution in [-0.2, 0) is 7.05 Å². The first kappa shape index (κ1) is 12.4. The molecule has 1 aliphatic carbocycles. The minimum absolute atomic E-state index is 0.353. The molecule has 2 rings (SSSR count). The smallest absolute Gasteiger partial charge is 0.0707 e. The lowest BCUT2D eigenvalue weighted by molar-refractivity contribution is 0.528. The normalized spacial score (nSPS) is 17.9. The zero-order valence-corrected chi connectivity index (χ0v) is 11.2. The standard InChI is InChI=1S/C14H23N3/c1-4-15-14(12-8-6-5-7-9-12)13-10-11(2)16-17(13)3/h8,10,14-15H,4-7,9H2,1-3H3. The van der Waals surface area contributed by atoms with Gasteiger partial charge in [-0.05, 0) is 45.2 Å². The Hall–Kier alpha value is -1.09. The van der Waals surface area contributed by atoms with Crippen LogP contribution in [0.2, 0.25) is 0 Å². The Morgan fingerprint density at radius 1 is 1.47 bits per heavy atom. The van der Waals surface area contributed by atoms with Crippen LogP contribution in [0.25, 0.3) is 0 Å². The third-order valence-corrected chi connectivity index (χ3v) is 3.44. The predicted octanol–water partition coefficient (Wildman–Crippen LogP) is 2.88. The fourth-order valence-electron chi connectivity index (χ4n) is 2.66. The highest BCUT2D eigenvalue weighted by atomic mass is 15.3. The highest BCUT2D eigenvalue weighted by Gasteiger charge is 2.20. The summed E-state index contributed by atoms with van der Waals surface area (Å²) in [7, 11) is 2.04. The van der Waals surface area contributed by atoms with E-state index < -0.39 is 0 Å². The Kier molecular flexibility index (Phi) is 4.00. The summed E-state index contributed by atoms with van der Waals surface area (Å²) in [6.45, 7) is 5.22. The molecule has 0 bridgehead atoms. The van der Waals surface area contributed by atoms with Crippen molar-refractivity contribution in [2.45, 2.75) is 45.6 Å². The molecule has 0 radical (unpaired) electrons. The van der Waals surface area contributed by atoms with E-state index in [1.54, 1.807) is 5.57 Å². The zero-order chi connectivity index (χ0) is 12.3. The largest absolute Gasteiger partial charge is 0.306 e. The molecule has 1 aliphatic rings. The molecule has 0 saturated heterocycles. The second-order valence-electron chi connectivity index (χ2n) is 4.85. The minimum Gasteiger partial charge on any atom is -0.306 e. The minimum atomic E-state index is 0.353. The van der Waals surface area contributed by atoms with Crippen LogP contribution in [0.3, 0.4) is 0 Å². The number of hydrogen-bond acceptors (Lipinski definition) is 2. The van der Waals surface area contributed by atoms with Gasteiger partial charge in [0.25, 0.3) is 0 Å². The van der Waals surface area contributed by atoms with Crippen LogP contribution >= 0.6 is 0 Å². The molecule has 1 N–H and O–H groups in total. The van der Waals surface area contributed by atoms with E-state index in [0.29, 0.717) is 6.04 Å². The number of aromatic nitrogens is 2. The van der Waals surface area contributed by atoms with Crippen molar-refractivity contribution in [2.24, 2.45) is 7.05 Å². The van der Waals surface area contributed by atoms with Crippen molar-refractivity contribution in [1.82, 2.24) is 15.1 Å². The second-order valence-corrected chi connectivity index (χ2v) is 4.85. The fourth-order valence-corrected chi connectivity index (χ4v) is 2.66. The van der Waals surface area contributed by atoms with Gasteiger partial charge in [-0.25, -0.2) is 0 Å². The SMILES string of the molecule is CCNC(C1=CCCCC1)c1cc(C)nn1C. The number of hydrogen-bond donors (Lipinski definition) is 1. The highest BCUT2D eigenvalue weighted by Crippen LogP contribution is 2.29. The molecular weight excluding hydrogens is 210 g/mol. The number of aryl methyl sites for hydroxylation is 2. The molecule has 0 amide bonds. The molecule has 94 valence electrons. The first-order chi connectivity index (χ1) is 8.22. The van der Waals surface area contributed by atoms with Crippen LogP contribution in [-0.4, -0.2) is 16.3 Å². The first-order valence-corrected chi connectivity index (χ1v) is 6.65. The van der Waals surface area contributed by atoms with Crippen molar-refractivity contribution in [1.29, 1.82) is 0 Å². The molecule has 1 atom stereocenters. The lowest BCUT2D eigenvalue weighted by Gasteiger charge is -2.24. The molecule has 1 unspecified atom stereocenters. The predicted molar refractivity (Wildman–Crippen MR) is 70.9 cm³/mol. The number of nitrogens with one attached hydrogen (secondary N) is 1. The monoisotopic (exact) mass is 233 g/mol. The van der Waals surface area contributed by atoms with Gasteiger partial charge in [-0.15, -0.1) is 0 Å². The molecule has 3 heteroatoms. The zero-order valence-electron chi connectivity index (χ0n) is 11.2. The molecule has 17 heavy (non-hydrogen) atoms. The number of rotatable bonds is 4. The van der Waals surface area contributed by atoms with Crippen molar-refractivity contribution in [3.8, 4) is 0 Å². The lowest BCUT2D eigenvalue weighted by atomic mass is 9.92. The van der Waals surface area contributed by atoms with E-state index in [1.165, 1.54) is 31.4 Å². The van der Waals surface area contributed by atoms with Gasteiger partial charge in [0, 0.05) is 7.05 Å². The molecule has 0 aliphatic heterocycles. The van der Waals surface area contributed by atoms with Gasteiger partial charge < -0.3 is 5.32 Å². The van der Waals surface area contributed by atoms with Crippen molar-refractivity contribution < 1.29 is 0 Å². The van der Waals surface area contributed by atoms with Gasteiger partial charge in [-0.1, -0.05) is 18.6 Å². The summed E-state index contributed by atoms with van der Waals surface area (Å²) < 4.78 is 2.01. The van der Waals surface area contributed by atoms with Crippen LogP contribution in [0, 0.1) is 6.92 Å². The van der Waals surface area contributed by atoms with Crippen LogP contribution in [0.15, 0.2) is 17.7 Å². The topological polar surface area (TPSA) is 29.9 Å². The van der Waals surface area contributed by atoms with E-state index in [2.05, 4.69) is 36.4 Å². The summed E-state index contributed by atoms with van der Waals surface area (Å²) in [5, 5.41) is 8.05. The third-order valence-electron chi connectivity index (χ3n) is 3.44. The van der Waals surface area contributed by atoms with Crippen LogP contribution in [0.1, 0.15) is 50.0 Å². The number of nitrogens with zero attached hydrogens (tertiary/aromatic N) is 2. The average molecular weight is 233 g/mol. The molecule has 1 aromatic heterocycles. The van der Waals surface area contributed by atoms with E-state index in [4.69, 9.17) is 0 Å². The van der Waals surface area contributed by atoms with Gasteiger partial charge in [0.15, 0.2) is 0 Å². The van der Waals surface area contributed by atoms with Gasteiger partial charge in [0.2, 0.25) is 0 Å². The first-order valence-electron chi connectivity index (χ1n) is 6.65. The van der Waals surface area contributed by atoms with E-state index in [0.717, 1.165) is 12.2 Å². The van der Waals surface area contributed by atoms with Gasteiger partial charge in [-0.3, -0.25) is 4.68 Å². The maximum Gasteiger partial charge on any atom is 0.0707 e. The van der Waals surface area contributed by atoms with Crippen molar-refractivity contribution >= 4 is 0 Å². The van der Waals surface area contributed by atoms with Crippen molar-refractivity contribution in [3.63, 3.8) is 0 Å². The van der Waals surface area contributed by atoms with Gasteiger partial charge in [0.1, 0.15) is 0 Å². The summed E-state index contributed by atoms with van der Waals surface area (Å²) in [5.41, 5.74) is 3.93. The van der Waals surface area contributed by atoms with Crippen LogP contribution < -0.4 is 5.32 Å². The highest BCUT2D eigenvalue weighted by molar-refractivity contribution is 5.25. The summed E-state index contributed by atoms with van der Waals surface area (Å²) in [6.07, 6.45) is 7.53. The summed E-state index contributed by atoms with van der Waals surface area (Å²) >= 11 is 0. The second kappa shape index (κ2) is 5.50. The molecule has 0 aromatic carbocycles. The molecular formula is C14H23N3. The Labute approximate surface area is 104 Å². The maximum atomic E-state index is 4.46. The van der Waals surface area contributed by atoms with Crippen LogP contribution in [0.4, 0.5) is 0 Å². The van der Waals surface area contributed by atoms with Crippen LogP contribution in [0.5, 0.6) is 0 Å². The lowest BCUT2D eigenvalue weighted by Crippen LogP contribution is -2.25. The number of likely N-dealkylation sites (N-methyl/N-ethyl adjacent to an activating group) is 1. The van der Waals surface area contributed by atoms with Gasteiger partial charge in [0.05, 0.1) is 17.4 Å². The van der Waals surface area contributed by atoms with E-state index >= 15 is 0 Å². The van der Waals surface area contributed by atoms with Gasteiger partial charge in [-0.2, -0.15) is 5.10 Å². The molecule has 3 nitrogen and oxygen atoms in total. The Balaban J connectivity index is 2.27. The quantitative estimate of drug-likeness (QED) is 0.810. The molecule has 0 spiro atoms. The summed E-state index contributed by atoms with van der Waals surface area (Å²) in [6, 6.07) is 2.55. The van der Waals surface area contributed by atoms with Gasteiger partial charge >= 0.3 is 0 Å². The summed E-state index contributed by atoms with van der Waals surface area (Å²) in [4.78, 5) is 0. The van der Waals surface area contributed by atoms with E-state index in [-0.39, 0.29) is 0 Å². The van der Waals surface area contributed by atoms with E-state index in [1.807, 2.05) is 11.7 Å². The Morgan fingerprint density at radius 2 is 2.29 bits per heavy atom. The molecule has 1 aromatic rings. The fraction of sp³-hybridized carbons (Fsp3) is 0.643. The average Bonchev–Trinajstić information content (AvgIpc) is 2.66. The Bertz CT molecular complexity index is 404. The molecule has 0 fully saturated rings. The summed E-state index contributed by atoms with van der Waals surface area (Å²) in [5.74, 6) is 0. The van der Waals surface area contributed by atoms with Crippen molar-refractivity contribution in [3.05, 3.63) is 29.1 Å². The number of allylic oxidation sites excluding steroid dienone is 1. The Morgan fingerprint density at radius 3 is 2.82 bits per heavy atom. The molecule has 0 saturated carbocycles. The maximum absolute atomic E-state index is 4.46. The van der Waals surface area contributed by atoms with Crippen molar-refractivity contribution in [2.75, 3.05) is 6.54 Å².